The smallest absolute Gasteiger partial charge is 0.319 e. The second kappa shape index (κ2) is 8.97. The van der Waals surface area contributed by atoms with Crippen LogP contribution in [-0.2, 0) is 0 Å². The Morgan fingerprint density at radius 1 is 0.808 bits per heavy atom. The number of nitrogens with zero attached hydrogens (tertiary/aromatic N) is 3. The van der Waals surface area contributed by atoms with Crippen molar-refractivity contribution in [1.29, 1.82) is 0 Å². The normalized spacial score (nSPS) is 10.0. The molecule has 0 fully saturated rings. The molecule has 3 aromatic rings. The van der Waals surface area contributed by atoms with Crippen molar-refractivity contribution in [3.63, 3.8) is 0 Å². The Morgan fingerprint density at radius 3 is 2.31 bits per heavy atom. The molecular formula is C18H19N7O. The molecule has 0 radical (unpaired) electrons. The summed E-state index contributed by atoms with van der Waals surface area (Å²) in [5.41, 5.74) is 0.750. The molecule has 0 unspecified atom stereocenters. The Kier molecular flexibility index (Phi) is 5.92. The standard InChI is InChI=1S/C18H19N7O/c26-18(22-14-6-2-1-3-7-14)21-13-12-20-16-9-10-17(25-24-16)23-15-8-4-5-11-19-15/h1-11H,12-13H2,(H,20,24)(H,19,23,25)(H2,21,22,26). The van der Waals surface area contributed by atoms with Crippen LogP contribution >= 0.6 is 0 Å². The van der Waals surface area contributed by atoms with Crippen molar-refractivity contribution in [2.24, 2.45) is 0 Å². The number of amides is 2. The number of hydrogen-bond donors (Lipinski definition) is 4. The van der Waals surface area contributed by atoms with Crippen LogP contribution in [0.15, 0.2) is 66.9 Å². The maximum absolute atomic E-state index is 11.7. The van der Waals surface area contributed by atoms with Gasteiger partial charge in [-0.1, -0.05) is 24.3 Å². The number of para-hydroxylation sites is 1. The third-order valence-corrected chi connectivity index (χ3v) is 3.33. The van der Waals surface area contributed by atoms with Crippen LogP contribution in [0.2, 0.25) is 0 Å². The highest BCUT2D eigenvalue weighted by Crippen LogP contribution is 2.11. The van der Waals surface area contributed by atoms with E-state index in [1.165, 1.54) is 0 Å². The van der Waals surface area contributed by atoms with Crippen molar-refractivity contribution in [3.05, 3.63) is 66.9 Å². The second-order valence-corrected chi connectivity index (χ2v) is 5.32. The molecule has 8 heteroatoms. The molecule has 8 nitrogen and oxygen atoms in total. The number of aromatic nitrogens is 3. The zero-order chi connectivity index (χ0) is 18.0. The van der Waals surface area contributed by atoms with Gasteiger partial charge in [0.2, 0.25) is 0 Å². The van der Waals surface area contributed by atoms with Gasteiger partial charge in [-0.25, -0.2) is 9.78 Å². The number of carbonyl (C=O) groups excluding carboxylic acids is 1. The summed E-state index contributed by atoms with van der Waals surface area (Å²) >= 11 is 0. The first-order chi connectivity index (χ1) is 12.8. The maximum atomic E-state index is 11.7. The lowest BCUT2D eigenvalue weighted by atomic mass is 10.3. The lowest BCUT2D eigenvalue weighted by Gasteiger charge is -2.09. The number of hydrogen-bond acceptors (Lipinski definition) is 6. The van der Waals surface area contributed by atoms with E-state index in [2.05, 4.69) is 36.4 Å². The van der Waals surface area contributed by atoms with E-state index < -0.39 is 0 Å². The van der Waals surface area contributed by atoms with Crippen LogP contribution in [0.4, 0.5) is 27.9 Å². The van der Waals surface area contributed by atoms with Gasteiger partial charge in [-0.05, 0) is 36.4 Å². The topological polar surface area (TPSA) is 104 Å². The summed E-state index contributed by atoms with van der Waals surface area (Å²) < 4.78 is 0. The Labute approximate surface area is 151 Å². The summed E-state index contributed by atoms with van der Waals surface area (Å²) in [5, 5.41) is 19.8. The Hall–Kier alpha value is -3.68. The number of benzene rings is 1. The molecule has 0 spiro atoms. The Balaban J connectivity index is 1.37. The van der Waals surface area contributed by atoms with Crippen molar-refractivity contribution >= 4 is 29.2 Å². The molecule has 4 N–H and O–H groups in total. The van der Waals surface area contributed by atoms with Crippen molar-refractivity contribution < 1.29 is 4.79 Å². The lowest BCUT2D eigenvalue weighted by Crippen LogP contribution is -2.32. The van der Waals surface area contributed by atoms with E-state index >= 15 is 0 Å². The summed E-state index contributed by atoms with van der Waals surface area (Å²) in [6.07, 6.45) is 1.70. The van der Waals surface area contributed by atoms with Gasteiger partial charge in [0.05, 0.1) is 0 Å². The van der Waals surface area contributed by atoms with E-state index in [1.807, 2.05) is 54.6 Å². The quantitative estimate of drug-likeness (QED) is 0.489. The number of pyridine rings is 1. The number of nitrogens with one attached hydrogen (secondary N) is 4. The van der Waals surface area contributed by atoms with Gasteiger partial charge in [0.1, 0.15) is 11.6 Å². The van der Waals surface area contributed by atoms with Gasteiger partial charge in [0, 0.05) is 25.0 Å². The average Bonchev–Trinajstić information content (AvgIpc) is 2.68. The van der Waals surface area contributed by atoms with E-state index in [0.29, 0.717) is 30.5 Å². The zero-order valence-electron chi connectivity index (χ0n) is 14.0. The molecule has 0 atom stereocenters. The molecule has 0 saturated heterocycles. The first kappa shape index (κ1) is 17.2. The zero-order valence-corrected chi connectivity index (χ0v) is 14.0. The van der Waals surface area contributed by atoms with Crippen molar-refractivity contribution in [2.45, 2.75) is 0 Å². The maximum Gasteiger partial charge on any atom is 0.319 e. The Bertz CT molecular complexity index is 810. The highest BCUT2D eigenvalue weighted by Gasteiger charge is 2.01. The van der Waals surface area contributed by atoms with Gasteiger partial charge < -0.3 is 21.3 Å². The predicted octanol–water partition coefficient (Wildman–Crippen LogP) is 2.85. The van der Waals surface area contributed by atoms with Gasteiger partial charge >= 0.3 is 6.03 Å². The molecule has 0 aliphatic carbocycles. The van der Waals surface area contributed by atoms with Gasteiger partial charge in [-0.3, -0.25) is 0 Å². The van der Waals surface area contributed by atoms with Gasteiger partial charge in [-0.15, -0.1) is 10.2 Å². The van der Waals surface area contributed by atoms with Crippen molar-refractivity contribution in [3.8, 4) is 0 Å². The van der Waals surface area contributed by atoms with Crippen LogP contribution in [0, 0.1) is 0 Å². The molecule has 0 aliphatic heterocycles. The van der Waals surface area contributed by atoms with Crippen molar-refractivity contribution in [1.82, 2.24) is 20.5 Å². The molecular weight excluding hydrogens is 330 g/mol. The minimum Gasteiger partial charge on any atom is -0.367 e. The first-order valence-electron chi connectivity index (χ1n) is 8.15. The molecule has 0 aliphatic rings. The summed E-state index contributed by atoms with van der Waals surface area (Å²) in [6.45, 7) is 0.984. The van der Waals surface area contributed by atoms with E-state index in [-0.39, 0.29) is 6.03 Å². The fourth-order valence-corrected chi connectivity index (χ4v) is 2.12. The molecule has 2 aromatic heterocycles. The molecule has 0 bridgehead atoms. The second-order valence-electron chi connectivity index (χ2n) is 5.32. The van der Waals surface area contributed by atoms with E-state index in [4.69, 9.17) is 0 Å². The fraction of sp³-hybridized carbons (Fsp3) is 0.111. The monoisotopic (exact) mass is 349 g/mol. The summed E-state index contributed by atoms with van der Waals surface area (Å²) in [6, 6.07) is 18.2. The molecule has 132 valence electrons. The highest BCUT2D eigenvalue weighted by molar-refractivity contribution is 5.89. The predicted molar refractivity (Wildman–Crippen MR) is 102 cm³/mol. The number of rotatable bonds is 7. The minimum atomic E-state index is -0.251. The molecule has 3 rings (SSSR count). The fourth-order valence-electron chi connectivity index (χ4n) is 2.12. The lowest BCUT2D eigenvalue weighted by molar-refractivity contribution is 0.252. The number of urea groups is 1. The SMILES string of the molecule is O=C(NCCNc1ccc(Nc2ccccn2)nn1)Nc1ccccc1. The van der Waals surface area contributed by atoms with Crippen LogP contribution < -0.4 is 21.3 Å². The average molecular weight is 349 g/mol. The van der Waals surface area contributed by atoms with Gasteiger partial charge in [-0.2, -0.15) is 0 Å². The third-order valence-electron chi connectivity index (χ3n) is 3.33. The van der Waals surface area contributed by atoms with Crippen LogP contribution in [0.25, 0.3) is 0 Å². The first-order valence-corrected chi connectivity index (χ1v) is 8.15. The van der Waals surface area contributed by atoms with Crippen LogP contribution in [0.5, 0.6) is 0 Å². The van der Waals surface area contributed by atoms with Crippen LogP contribution in [0.3, 0.4) is 0 Å². The molecule has 0 saturated carbocycles. The van der Waals surface area contributed by atoms with Gasteiger partial charge in [0.15, 0.2) is 5.82 Å². The largest absolute Gasteiger partial charge is 0.367 e. The van der Waals surface area contributed by atoms with E-state index in [9.17, 15) is 4.79 Å². The van der Waals surface area contributed by atoms with Gasteiger partial charge in [0.25, 0.3) is 0 Å². The highest BCUT2D eigenvalue weighted by atomic mass is 16.2. The number of anilines is 4. The van der Waals surface area contributed by atoms with Crippen LogP contribution in [0.1, 0.15) is 0 Å². The Morgan fingerprint density at radius 2 is 1.58 bits per heavy atom. The summed E-state index contributed by atoms with van der Waals surface area (Å²) in [5.74, 6) is 1.94. The molecule has 1 aromatic carbocycles. The van der Waals surface area contributed by atoms with Crippen LogP contribution in [-0.4, -0.2) is 34.3 Å². The van der Waals surface area contributed by atoms with E-state index in [1.54, 1.807) is 12.3 Å². The van der Waals surface area contributed by atoms with E-state index in [0.717, 1.165) is 5.69 Å². The number of carbonyl (C=O) groups is 1. The minimum absolute atomic E-state index is 0.251. The summed E-state index contributed by atoms with van der Waals surface area (Å²) in [4.78, 5) is 15.9. The van der Waals surface area contributed by atoms with Crippen molar-refractivity contribution in [2.75, 3.05) is 29.0 Å². The summed E-state index contributed by atoms with van der Waals surface area (Å²) in [7, 11) is 0. The molecule has 2 heterocycles. The molecule has 26 heavy (non-hydrogen) atoms. The third kappa shape index (κ3) is 5.45. The molecule has 2 amide bonds.